The maximum absolute atomic E-state index is 11.8. The molecule has 22 heavy (non-hydrogen) atoms. The summed E-state index contributed by atoms with van der Waals surface area (Å²) in [5, 5.41) is 9.06. The third kappa shape index (κ3) is 6.91. The minimum absolute atomic E-state index is 0. The normalized spacial score (nSPS) is 14.7. The van der Waals surface area contributed by atoms with Gasteiger partial charge in [0.25, 0.3) is 0 Å². The molecular weight excluding hydrogens is 302 g/mol. The van der Waals surface area contributed by atoms with Crippen LogP contribution in [0.1, 0.15) is 24.8 Å². The molecule has 0 aliphatic carbocycles. The first-order valence-electron chi connectivity index (χ1n) is 7.55. The lowest BCUT2D eigenvalue weighted by Crippen LogP contribution is -2.43. The molecule has 0 unspecified atom stereocenters. The number of nitrogens with one attached hydrogen (secondary N) is 3. The maximum Gasteiger partial charge on any atom is 0.224 e. The van der Waals surface area contributed by atoms with Crippen molar-refractivity contribution in [2.75, 3.05) is 19.6 Å². The highest BCUT2D eigenvalue weighted by Gasteiger charge is 2.15. The van der Waals surface area contributed by atoms with Crippen molar-refractivity contribution in [3.05, 3.63) is 35.9 Å². The van der Waals surface area contributed by atoms with Gasteiger partial charge in [-0.25, -0.2) is 0 Å². The van der Waals surface area contributed by atoms with E-state index in [1.807, 2.05) is 30.3 Å². The fourth-order valence-corrected chi connectivity index (χ4v) is 2.43. The molecule has 0 atom stereocenters. The Bertz CT molecular complexity index is 462. The number of benzene rings is 1. The van der Waals surface area contributed by atoms with E-state index in [1.54, 1.807) is 0 Å². The van der Waals surface area contributed by atoms with Gasteiger partial charge in [-0.05, 0) is 31.5 Å². The van der Waals surface area contributed by atoms with Crippen molar-refractivity contribution in [3.63, 3.8) is 0 Å². The first-order chi connectivity index (χ1) is 10.2. The van der Waals surface area contributed by atoms with E-state index in [0.717, 1.165) is 31.5 Å². The van der Waals surface area contributed by atoms with E-state index in [1.165, 1.54) is 0 Å². The van der Waals surface area contributed by atoms with Gasteiger partial charge < -0.3 is 16.0 Å². The fraction of sp³-hybridized carbons (Fsp3) is 0.500. The standard InChI is InChI=1S/C16H23N3O2.ClH/c20-15(19-14-6-9-17-10-7-14)8-11-18-16(21)12-13-4-2-1-3-5-13;/h1-5,14,17H,6-12H2,(H,18,21)(H,19,20);1H. The lowest BCUT2D eigenvalue weighted by Gasteiger charge is -2.23. The zero-order chi connectivity index (χ0) is 14.9. The Morgan fingerprint density at radius 2 is 1.77 bits per heavy atom. The Hall–Kier alpha value is -1.59. The van der Waals surface area contributed by atoms with Crippen LogP contribution in [0, 0.1) is 0 Å². The second kappa shape index (κ2) is 10.2. The SMILES string of the molecule is Cl.O=C(Cc1ccccc1)NCCC(=O)NC1CCNCC1. The summed E-state index contributed by atoms with van der Waals surface area (Å²) in [4.78, 5) is 23.5. The van der Waals surface area contributed by atoms with Gasteiger partial charge in [0.2, 0.25) is 11.8 Å². The van der Waals surface area contributed by atoms with Gasteiger partial charge in [0.05, 0.1) is 6.42 Å². The van der Waals surface area contributed by atoms with Gasteiger partial charge in [0, 0.05) is 19.0 Å². The molecule has 1 saturated heterocycles. The molecule has 1 fully saturated rings. The Balaban J connectivity index is 0.00000242. The monoisotopic (exact) mass is 325 g/mol. The van der Waals surface area contributed by atoms with Gasteiger partial charge in [-0.3, -0.25) is 9.59 Å². The van der Waals surface area contributed by atoms with Crippen LogP contribution in [0.5, 0.6) is 0 Å². The second-order valence-corrected chi connectivity index (χ2v) is 5.35. The van der Waals surface area contributed by atoms with Crippen molar-refractivity contribution in [2.24, 2.45) is 0 Å². The molecule has 1 aromatic carbocycles. The molecule has 0 bridgehead atoms. The quantitative estimate of drug-likeness (QED) is 0.731. The van der Waals surface area contributed by atoms with Crippen LogP contribution < -0.4 is 16.0 Å². The van der Waals surface area contributed by atoms with E-state index in [9.17, 15) is 9.59 Å². The highest BCUT2D eigenvalue weighted by Crippen LogP contribution is 2.02. The number of piperidine rings is 1. The first-order valence-corrected chi connectivity index (χ1v) is 7.55. The van der Waals surface area contributed by atoms with Gasteiger partial charge in [-0.1, -0.05) is 30.3 Å². The Morgan fingerprint density at radius 1 is 1.09 bits per heavy atom. The lowest BCUT2D eigenvalue weighted by atomic mass is 10.1. The summed E-state index contributed by atoms with van der Waals surface area (Å²) in [6.07, 6.45) is 2.65. The molecule has 0 spiro atoms. The third-order valence-corrected chi connectivity index (χ3v) is 3.59. The van der Waals surface area contributed by atoms with Crippen LogP contribution in [-0.2, 0) is 16.0 Å². The molecule has 0 saturated carbocycles. The number of rotatable bonds is 6. The molecule has 2 rings (SSSR count). The van der Waals surface area contributed by atoms with Crippen LogP contribution >= 0.6 is 12.4 Å². The van der Waals surface area contributed by atoms with Gasteiger partial charge in [0.1, 0.15) is 0 Å². The molecule has 0 radical (unpaired) electrons. The van der Waals surface area contributed by atoms with Crippen LogP contribution in [-0.4, -0.2) is 37.5 Å². The maximum atomic E-state index is 11.8. The summed E-state index contributed by atoms with van der Waals surface area (Å²) in [5.41, 5.74) is 0.981. The van der Waals surface area contributed by atoms with E-state index in [0.29, 0.717) is 19.4 Å². The van der Waals surface area contributed by atoms with Crippen molar-refractivity contribution in [1.82, 2.24) is 16.0 Å². The predicted octanol–water partition coefficient (Wildman–Crippen LogP) is 1.03. The fourth-order valence-electron chi connectivity index (χ4n) is 2.43. The Morgan fingerprint density at radius 3 is 2.45 bits per heavy atom. The minimum Gasteiger partial charge on any atom is -0.355 e. The van der Waals surface area contributed by atoms with Gasteiger partial charge in [-0.15, -0.1) is 12.4 Å². The van der Waals surface area contributed by atoms with Crippen molar-refractivity contribution >= 4 is 24.2 Å². The van der Waals surface area contributed by atoms with E-state index < -0.39 is 0 Å². The number of carbonyl (C=O) groups is 2. The van der Waals surface area contributed by atoms with Crippen molar-refractivity contribution in [1.29, 1.82) is 0 Å². The third-order valence-electron chi connectivity index (χ3n) is 3.59. The molecule has 122 valence electrons. The summed E-state index contributed by atoms with van der Waals surface area (Å²) in [6.45, 7) is 2.31. The minimum atomic E-state index is -0.0455. The van der Waals surface area contributed by atoms with E-state index in [2.05, 4.69) is 16.0 Å². The lowest BCUT2D eigenvalue weighted by molar-refractivity contribution is -0.122. The van der Waals surface area contributed by atoms with Gasteiger partial charge >= 0.3 is 0 Å². The molecule has 1 heterocycles. The van der Waals surface area contributed by atoms with Crippen LogP contribution in [0.25, 0.3) is 0 Å². The van der Waals surface area contributed by atoms with Crippen LogP contribution in [0.15, 0.2) is 30.3 Å². The predicted molar refractivity (Wildman–Crippen MR) is 89.1 cm³/mol. The van der Waals surface area contributed by atoms with Gasteiger partial charge in [-0.2, -0.15) is 0 Å². The number of halogens is 1. The summed E-state index contributed by atoms with van der Waals surface area (Å²) in [7, 11) is 0. The van der Waals surface area contributed by atoms with Crippen molar-refractivity contribution in [2.45, 2.75) is 31.7 Å². The topological polar surface area (TPSA) is 70.2 Å². The summed E-state index contributed by atoms with van der Waals surface area (Å²) < 4.78 is 0. The van der Waals surface area contributed by atoms with Gasteiger partial charge in [0.15, 0.2) is 0 Å². The van der Waals surface area contributed by atoms with E-state index in [-0.39, 0.29) is 30.3 Å². The smallest absolute Gasteiger partial charge is 0.224 e. The van der Waals surface area contributed by atoms with Crippen molar-refractivity contribution < 1.29 is 9.59 Å². The average Bonchev–Trinajstić information content (AvgIpc) is 2.49. The number of carbonyl (C=O) groups excluding carboxylic acids is 2. The molecule has 2 amide bonds. The molecule has 6 heteroatoms. The number of amides is 2. The zero-order valence-electron chi connectivity index (χ0n) is 12.6. The first kappa shape index (κ1) is 18.5. The highest BCUT2D eigenvalue weighted by atomic mass is 35.5. The summed E-state index contributed by atoms with van der Waals surface area (Å²) >= 11 is 0. The molecule has 5 nitrogen and oxygen atoms in total. The van der Waals surface area contributed by atoms with E-state index in [4.69, 9.17) is 0 Å². The number of hydrogen-bond acceptors (Lipinski definition) is 3. The molecular formula is C16H24ClN3O2. The largest absolute Gasteiger partial charge is 0.355 e. The summed E-state index contributed by atoms with van der Waals surface area (Å²) in [5.74, 6) is -0.0298. The molecule has 0 aromatic heterocycles. The Labute approximate surface area is 137 Å². The van der Waals surface area contributed by atoms with E-state index >= 15 is 0 Å². The Kier molecular flexibility index (Phi) is 8.55. The van der Waals surface area contributed by atoms with Crippen LogP contribution in [0.3, 0.4) is 0 Å². The van der Waals surface area contributed by atoms with Crippen molar-refractivity contribution in [3.8, 4) is 0 Å². The molecule has 1 aromatic rings. The van der Waals surface area contributed by atoms with Crippen LogP contribution in [0.2, 0.25) is 0 Å². The molecule has 1 aliphatic rings. The zero-order valence-corrected chi connectivity index (χ0v) is 13.5. The second-order valence-electron chi connectivity index (χ2n) is 5.35. The van der Waals surface area contributed by atoms with Crippen LogP contribution in [0.4, 0.5) is 0 Å². The molecule has 1 aliphatic heterocycles. The average molecular weight is 326 g/mol. The highest BCUT2D eigenvalue weighted by molar-refractivity contribution is 5.85. The number of hydrogen-bond donors (Lipinski definition) is 3. The summed E-state index contributed by atoms with van der Waals surface area (Å²) in [6, 6.07) is 9.86. The molecule has 3 N–H and O–H groups in total.